The molecule has 0 aliphatic heterocycles. The number of sulfonamides is 1. The second kappa shape index (κ2) is 7.80. The summed E-state index contributed by atoms with van der Waals surface area (Å²) in [6.07, 6.45) is -0.0171. The molecule has 0 aromatic heterocycles. The van der Waals surface area contributed by atoms with Crippen LogP contribution in [0.5, 0.6) is 0 Å². The summed E-state index contributed by atoms with van der Waals surface area (Å²) in [5.41, 5.74) is 1.08. The minimum atomic E-state index is -3.41. The summed E-state index contributed by atoms with van der Waals surface area (Å²) in [6, 6.07) is 13.7. The first-order valence-electron chi connectivity index (χ1n) is 7.53. The fourth-order valence-electron chi connectivity index (χ4n) is 2.15. The maximum Gasteiger partial charge on any atom is 0.338 e. The molecule has 26 heavy (non-hydrogen) atoms. The predicted octanol–water partition coefficient (Wildman–Crippen LogP) is 2.36. The number of Topliss-reactive ketones (excluding diaryl/α,β-unsaturated/α-hetero) is 1. The average molecular weight is 372 g/mol. The van der Waals surface area contributed by atoms with Crippen molar-refractivity contribution < 1.29 is 22.7 Å². The number of nitriles is 1. The van der Waals surface area contributed by atoms with Crippen LogP contribution < -0.4 is 4.72 Å². The van der Waals surface area contributed by atoms with Gasteiger partial charge in [0.2, 0.25) is 15.8 Å². The zero-order valence-electron chi connectivity index (χ0n) is 14.1. The van der Waals surface area contributed by atoms with E-state index in [0.717, 1.165) is 6.26 Å². The molecule has 0 saturated carbocycles. The molecule has 0 radical (unpaired) electrons. The molecular formula is C18H16N2O5S. The third-order valence-electron chi connectivity index (χ3n) is 3.35. The Morgan fingerprint density at radius 2 is 1.77 bits per heavy atom. The average Bonchev–Trinajstić information content (AvgIpc) is 2.60. The molecule has 0 aliphatic rings. The number of benzene rings is 2. The number of ether oxygens (including phenoxy) is 1. The first-order valence-corrected chi connectivity index (χ1v) is 9.42. The number of carbonyl (C=O) groups excluding carboxylic acids is 2. The minimum absolute atomic E-state index is 0.177. The summed E-state index contributed by atoms with van der Waals surface area (Å²) in [6.45, 7) is 1.44. The summed E-state index contributed by atoms with van der Waals surface area (Å²) in [4.78, 5) is 24.5. The molecule has 0 spiro atoms. The normalized spacial score (nSPS) is 11.9. The highest BCUT2D eigenvalue weighted by molar-refractivity contribution is 7.92. The van der Waals surface area contributed by atoms with Crippen LogP contribution in [0, 0.1) is 11.3 Å². The Hall–Kier alpha value is -3.18. The van der Waals surface area contributed by atoms with Gasteiger partial charge in [0.05, 0.1) is 23.5 Å². The van der Waals surface area contributed by atoms with E-state index in [4.69, 9.17) is 10.00 Å². The molecular weight excluding hydrogens is 356 g/mol. The molecule has 2 aromatic rings. The van der Waals surface area contributed by atoms with E-state index in [1.807, 2.05) is 6.07 Å². The Kier molecular flexibility index (Phi) is 5.75. The predicted molar refractivity (Wildman–Crippen MR) is 95.3 cm³/mol. The number of anilines is 1. The standard InChI is InChI=1S/C18H16N2O5S/c1-12(25-18(22)15-5-3-4-13(10-15)11-19)17(21)14-6-8-16(9-7-14)20-26(2,23)24/h3-10,12,20H,1-2H3/t12-/m0/s1. The van der Waals surface area contributed by atoms with Gasteiger partial charge < -0.3 is 4.74 Å². The van der Waals surface area contributed by atoms with Crippen LogP contribution in [-0.2, 0) is 14.8 Å². The number of hydrogen-bond donors (Lipinski definition) is 1. The van der Waals surface area contributed by atoms with Crippen molar-refractivity contribution in [3.8, 4) is 6.07 Å². The van der Waals surface area contributed by atoms with Gasteiger partial charge in [0.1, 0.15) is 0 Å². The highest BCUT2D eigenvalue weighted by Crippen LogP contribution is 2.15. The van der Waals surface area contributed by atoms with Gasteiger partial charge in [0, 0.05) is 11.3 Å². The van der Waals surface area contributed by atoms with E-state index in [9.17, 15) is 18.0 Å². The van der Waals surface area contributed by atoms with Crippen LogP contribution in [-0.4, -0.2) is 32.5 Å². The first-order chi connectivity index (χ1) is 12.2. The van der Waals surface area contributed by atoms with Crippen molar-refractivity contribution in [1.29, 1.82) is 5.26 Å². The molecule has 0 fully saturated rings. The Bertz CT molecular complexity index is 975. The summed E-state index contributed by atoms with van der Waals surface area (Å²) in [7, 11) is -3.41. The molecule has 0 unspecified atom stereocenters. The van der Waals surface area contributed by atoms with Gasteiger partial charge in [-0.05, 0) is 49.4 Å². The minimum Gasteiger partial charge on any atom is -0.451 e. The van der Waals surface area contributed by atoms with Crippen molar-refractivity contribution in [1.82, 2.24) is 0 Å². The van der Waals surface area contributed by atoms with Crippen molar-refractivity contribution >= 4 is 27.5 Å². The summed E-state index contributed by atoms with van der Waals surface area (Å²) in [5.74, 6) is -1.14. The van der Waals surface area contributed by atoms with Gasteiger partial charge in [-0.2, -0.15) is 5.26 Å². The molecule has 0 heterocycles. The molecule has 2 rings (SSSR count). The Balaban J connectivity index is 2.07. The lowest BCUT2D eigenvalue weighted by Crippen LogP contribution is -2.24. The van der Waals surface area contributed by atoms with E-state index in [0.29, 0.717) is 11.3 Å². The van der Waals surface area contributed by atoms with Crippen LogP contribution in [0.25, 0.3) is 0 Å². The number of ketones is 1. The molecule has 7 nitrogen and oxygen atoms in total. The van der Waals surface area contributed by atoms with Gasteiger partial charge in [-0.3, -0.25) is 9.52 Å². The first kappa shape index (κ1) is 19.1. The SMILES string of the molecule is C[C@H](OC(=O)c1cccc(C#N)c1)C(=O)c1ccc(NS(C)(=O)=O)cc1. The van der Waals surface area contributed by atoms with Crippen LogP contribution in [0.4, 0.5) is 5.69 Å². The van der Waals surface area contributed by atoms with Crippen molar-refractivity contribution in [2.24, 2.45) is 0 Å². The Morgan fingerprint density at radius 3 is 2.35 bits per heavy atom. The van der Waals surface area contributed by atoms with Crippen molar-refractivity contribution in [3.05, 3.63) is 65.2 Å². The zero-order valence-corrected chi connectivity index (χ0v) is 14.9. The second-order valence-electron chi connectivity index (χ2n) is 5.56. The lowest BCUT2D eigenvalue weighted by molar-refractivity contribution is 0.0319. The quantitative estimate of drug-likeness (QED) is 0.615. The lowest BCUT2D eigenvalue weighted by Gasteiger charge is -2.13. The molecule has 0 bridgehead atoms. The van der Waals surface area contributed by atoms with E-state index in [1.54, 1.807) is 12.1 Å². The number of hydrogen-bond acceptors (Lipinski definition) is 6. The summed E-state index contributed by atoms with van der Waals surface area (Å²) >= 11 is 0. The Morgan fingerprint density at radius 1 is 1.12 bits per heavy atom. The second-order valence-corrected chi connectivity index (χ2v) is 7.30. The van der Waals surface area contributed by atoms with Crippen molar-refractivity contribution in [3.63, 3.8) is 0 Å². The van der Waals surface area contributed by atoms with Gasteiger partial charge in [-0.25, -0.2) is 13.2 Å². The van der Waals surface area contributed by atoms with E-state index in [1.165, 1.54) is 43.3 Å². The van der Waals surface area contributed by atoms with Gasteiger partial charge in [-0.15, -0.1) is 0 Å². The van der Waals surface area contributed by atoms with Crippen molar-refractivity contribution in [2.75, 3.05) is 11.0 Å². The molecule has 1 atom stereocenters. The van der Waals surface area contributed by atoms with Crippen LogP contribution >= 0.6 is 0 Å². The maximum absolute atomic E-state index is 12.4. The van der Waals surface area contributed by atoms with E-state index in [-0.39, 0.29) is 11.1 Å². The van der Waals surface area contributed by atoms with Crippen molar-refractivity contribution in [2.45, 2.75) is 13.0 Å². The monoisotopic (exact) mass is 372 g/mol. The zero-order chi connectivity index (χ0) is 19.3. The van der Waals surface area contributed by atoms with Crippen LogP contribution in [0.15, 0.2) is 48.5 Å². The van der Waals surface area contributed by atoms with E-state index in [2.05, 4.69) is 4.72 Å². The lowest BCUT2D eigenvalue weighted by atomic mass is 10.1. The third kappa shape index (κ3) is 5.16. The maximum atomic E-state index is 12.4. The number of carbonyl (C=O) groups is 2. The topological polar surface area (TPSA) is 113 Å². The number of nitrogens with zero attached hydrogens (tertiary/aromatic N) is 1. The van der Waals surface area contributed by atoms with Crippen LogP contribution in [0.2, 0.25) is 0 Å². The van der Waals surface area contributed by atoms with Gasteiger partial charge >= 0.3 is 5.97 Å². The number of esters is 1. The fraction of sp³-hybridized carbons (Fsp3) is 0.167. The molecule has 0 amide bonds. The van der Waals surface area contributed by atoms with Crippen LogP contribution in [0.3, 0.4) is 0 Å². The third-order valence-corrected chi connectivity index (χ3v) is 3.96. The Labute approximate surface area is 151 Å². The van der Waals surface area contributed by atoms with Gasteiger partial charge in [0.25, 0.3) is 0 Å². The summed E-state index contributed by atoms with van der Waals surface area (Å²) in [5, 5.41) is 8.86. The molecule has 0 aliphatic carbocycles. The molecule has 2 aromatic carbocycles. The van der Waals surface area contributed by atoms with Gasteiger partial charge in [0.15, 0.2) is 6.10 Å². The fourth-order valence-corrected chi connectivity index (χ4v) is 2.71. The number of nitrogens with one attached hydrogen (secondary N) is 1. The smallest absolute Gasteiger partial charge is 0.338 e. The van der Waals surface area contributed by atoms with E-state index >= 15 is 0 Å². The van der Waals surface area contributed by atoms with Gasteiger partial charge in [-0.1, -0.05) is 6.07 Å². The molecule has 1 N–H and O–H groups in total. The molecule has 8 heteroatoms. The van der Waals surface area contributed by atoms with E-state index < -0.39 is 27.9 Å². The molecule has 0 saturated heterocycles. The molecule has 134 valence electrons. The highest BCUT2D eigenvalue weighted by Gasteiger charge is 2.20. The van der Waals surface area contributed by atoms with Crippen LogP contribution in [0.1, 0.15) is 33.2 Å². The number of rotatable bonds is 6. The largest absolute Gasteiger partial charge is 0.451 e. The highest BCUT2D eigenvalue weighted by atomic mass is 32.2. The summed E-state index contributed by atoms with van der Waals surface area (Å²) < 4.78 is 29.8.